The fourth-order valence-electron chi connectivity index (χ4n) is 2.96. The van der Waals surface area contributed by atoms with Crippen molar-refractivity contribution in [1.29, 1.82) is 0 Å². The molecule has 1 aromatic heterocycles. The van der Waals surface area contributed by atoms with Crippen molar-refractivity contribution >= 4 is 0 Å². The van der Waals surface area contributed by atoms with Crippen molar-refractivity contribution in [1.82, 2.24) is 20.0 Å². The summed E-state index contributed by atoms with van der Waals surface area (Å²) < 4.78 is 2.09. The lowest BCUT2D eigenvalue weighted by molar-refractivity contribution is 0.172. The lowest BCUT2D eigenvalue weighted by Crippen LogP contribution is -2.34. The lowest BCUT2D eigenvalue weighted by Gasteiger charge is -2.31. The maximum absolute atomic E-state index is 4.61. The number of aromatic nitrogens is 2. The van der Waals surface area contributed by atoms with Crippen LogP contribution in [0.25, 0.3) is 0 Å². The molecule has 1 aliphatic rings. The molecule has 20 heavy (non-hydrogen) atoms. The van der Waals surface area contributed by atoms with Crippen LogP contribution in [0.4, 0.5) is 0 Å². The highest BCUT2D eigenvalue weighted by atomic mass is 15.3. The minimum atomic E-state index is 0.453. The number of rotatable bonds is 6. The highest BCUT2D eigenvalue weighted by molar-refractivity contribution is 5.15. The zero-order valence-corrected chi connectivity index (χ0v) is 13.5. The second-order valence-corrected chi connectivity index (χ2v) is 6.43. The molecule has 4 heteroatoms. The summed E-state index contributed by atoms with van der Waals surface area (Å²) in [5.41, 5.74) is 2.59. The van der Waals surface area contributed by atoms with Crippen molar-refractivity contribution in [2.24, 2.45) is 5.92 Å². The summed E-state index contributed by atoms with van der Waals surface area (Å²) in [4.78, 5) is 2.59. The first-order valence-corrected chi connectivity index (χ1v) is 8.01. The van der Waals surface area contributed by atoms with Crippen LogP contribution in [-0.2, 0) is 6.54 Å². The molecule has 0 saturated carbocycles. The van der Waals surface area contributed by atoms with Crippen molar-refractivity contribution in [3.8, 4) is 0 Å². The number of nitrogens with zero attached hydrogens (tertiary/aromatic N) is 3. The average Bonchev–Trinajstić information content (AvgIpc) is 2.80. The van der Waals surface area contributed by atoms with Crippen LogP contribution in [0.3, 0.4) is 0 Å². The third-order valence-electron chi connectivity index (χ3n) is 4.45. The Bertz CT molecular complexity index is 403. The first-order chi connectivity index (χ1) is 9.60. The Kier molecular flexibility index (Phi) is 5.61. The third kappa shape index (κ3) is 4.06. The molecule has 0 aliphatic carbocycles. The van der Waals surface area contributed by atoms with Crippen molar-refractivity contribution < 1.29 is 0 Å². The van der Waals surface area contributed by atoms with Crippen LogP contribution in [-0.4, -0.2) is 41.4 Å². The fraction of sp³-hybridized carbons (Fsp3) is 0.812. The van der Waals surface area contributed by atoms with Gasteiger partial charge < -0.3 is 5.32 Å². The molecule has 1 fully saturated rings. The molecule has 1 aliphatic heterocycles. The van der Waals surface area contributed by atoms with Crippen LogP contribution >= 0.6 is 0 Å². The Balaban J connectivity index is 1.83. The smallest absolute Gasteiger partial charge is 0.0638 e. The summed E-state index contributed by atoms with van der Waals surface area (Å²) in [6, 6.07) is 0.453. The van der Waals surface area contributed by atoms with Crippen LogP contribution in [0.1, 0.15) is 50.4 Å². The molecule has 0 amide bonds. The van der Waals surface area contributed by atoms with E-state index in [2.05, 4.69) is 47.0 Å². The molecule has 0 aromatic carbocycles. The van der Waals surface area contributed by atoms with Gasteiger partial charge in [-0.15, -0.1) is 0 Å². The molecule has 1 saturated heterocycles. The highest BCUT2D eigenvalue weighted by Gasteiger charge is 2.20. The monoisotopic (exact) mass is 278 g/mol. The summed E-state index contributed by atoms with van der Waals surface area (Å²) in [6.45, 7) is 11.2. The predicted octanol–water partition coefficient (Wildman–Crippen LogP) is 2.59. The Hall–Kier alpha value is -0.870. The van der Waals surface area contributed by atoms with Gasteiger partial charge in [-0.25, -0.2) is 0 Å². The largest absolute Gasteiger partial charge is 0.320 e. The van der Waals surface area contributed by atoms with Gasteiger partial charge in [0.05, 0.1) is 5.69 Å². The van der Waals surface area contributed by atoms with E-state index in [4.69, 9.17) is 0 Å². The van der Waals surface area contributed by atoms with E-state index in [9.17, 15) is 0 Å². The van der Waals surface area contributed by atoms with Crippen LogP contribution < -0.4 is 5.32 Å². The van der Waals surface area contributed by atoms with E-state index in [0.29, 0.717) is 6.04 Å². The molecule has 0 unspecified atom stereocenters. The molecule has 114 valence electrons. The standard InChI is InChI=1S/C16H30N4/c1-13(2)20-12-16(14(3)18-20)11-19-9-6-15(7-10-19)5-8-17-4/h12-13,15,17H,5-11H2,1-4H3. The Labute approximate surface area is 123 Å². The van der Waals surface area contributed by atoms with Gasteiger partial charge >= 0.3 is 0 Å². The molecular formula is C16H30N4. The van der Waals surface area contributed by atoms with Crippen LogP contribution in [0.2, 0.25) is 0 Å². The summed E-state index contributed by atoms with van der Waals surface area (Å²) in [5.74, 6) is 0.915. The first kappa shape index (κ1) is 15.5. The third-order valence-corrected chi connectivity index (χ3v) is 4.45. The molecule has 2 heterocycles. The zero-order chi connectivity index (χ0) is 14.5. The maximum atomic E-state index is 4.61. The summed E-state index contributed by atoms with van der Waals surface area (Å²) in [7, 11) is 2.05. The minimum absolute atomic E-state index is 0.453. The molecule has 1 N–H and O–H groups in total. The number of nitrogens with one attached hydrogen (secondary N) is 1. The van der Waals surface area contributed by atoms with E-state index in [1.807, 2.05) is 7.05 Å². The van der Waals surface area contributed by atoms with Crippen molar-refractivity contribution in [3.63, 3.8) is 0 Å². The highest BCUT2D eigenvalue weighted by Crippen LogP contribution is 2.22. The summed E-state index contributed by atoms with van der Waals surface area (Å²) in [6.07, 6.45) is 6.25. The second kappa shape index (κ2) is 7.23. The normalized spacial score (nSPS) is 18.1. The van der Waals surface area contributed by atoms with Gasteiger partial charge in [0.25, 0.3) is 0 Å². The van der Waals surface area contributed by atoms with Crippen molar-refractivity contribution in [2.45, 2.75) is 52.6 Å². The van der Waals surface area contributed by atoms with Gasteiger partial charge in [-0.2, -0.15) is 5.10 Å². The van der Waals surface area contributed by atoms with E-state index in [1.165, 1.54) is 43.6 Å². The van der Waals surface area contributed by atoms with Gasteiger partial charge in [0.1, 0.15) is 0 Å². The molecule has 4 nitrogen and oxygen atoms in total. The van der Waals surface area contributed by atoms with Crippen molar-refractivity contribution in [2.75, 3.05) is 26.7 Å². The Morgan fingerprint density at radius 1 is 1.35 bits per heavy atom. The molecule has 1 aromatic rings. The van der Waals surface area contributed by atoms with Crippen LogP contribution in [0.15, 0.2) is 6.20 Å². The lowest BCUT2D eigenvalue weighted by atomic mass is 9.93. The van der Waals surface area contributed by atoms with E-state index < -0.39 is 0 Å². The van der Waals surface area contributed by atoms with Gasteiger partial charge in [0, 0.05) is 24.3 Å². The fourth-order valence-corrected chi connectivity index (χ4v) is 2.96. The first-order valence-electron chi connectivity index (χ1n) is 8.01. The minimum Gasteiger partial charge on any atom is -0.320 e. The van der Waals surface area contributed by atoms with E-state index in [-0.39, 0.29) is 0 Å². The number of likely N-dealkylation sites (tertiary alicyclic amines) is 1. The van der Waals surface area contributed by atoms with Gasteiger partial charge in [0.2, 0.25) is 0 Å². The quantitative estimate of drug-likeness (QED) is 0.868. The number of aryl methyl sites for hydroxylation is 1. The Morgan fingerprint density at radius 2 is 2.05 bits per heavy atom. The summed E-state index contributed by atoms with van der Waals surface area (Å²) >= 11 is 0. The molecule has 0 atom stereocenters. The average molecular weight is 278 g/mol. The SMILES string of the molecule is CNCCC1CCN(Cc2cn(C(C)C)nc2C)CC1. The molecule has 2 rings (SSSR count). The second-order valence-electron chi connectivity index (χ2n) is 6.43. The molecule has 0 bridgehead atoms. The zero-order valence-electron chi connectivity index (χ0n) is 13.5. The number of hydrogen-bond donors (Lipinski definition) is 1. The van der Waals surface area contributed by atoms with Gasteiger partial charge in [0.15, 0.2) is 0 Å². The molecular weight excluding hydrogens is 248 g/mol. The van der Waals surface area contributed by atoms with Crippen LogP contribution in [0, 0.1) is 12.8 Å². The van der Waals surface area contributed by atoms with Crippen LogP contribution in [0.5, 0.6) is 0 Å². The Morgan fingerprint density at radius 3 is 2.60 bits per heavy atom. The maximum Gasteiger partial charge on any atom is 0.0638 e. The van der Waals surface area contributed by atoms with Gasteiger partial charge in [-0.1, -0.05) is 0 Å². The number of piperidine rings is 1. The molecule has 0 radical (unpaired) electrons. The van der Waals surface area contributed by atoms with Gasteiger partial charge in [-0.3, -0.25) is 9.58 Å². The van der Waals surface area contributed by atoms with Gasteiger partial charge in [-0.05, 0) is 72.6 Å². The van der Waals surface area contributed by atoms with E-state index in [1.54, 1.807) is 0 Å². The molecule has 0 spiro atoms. The van der Waals surface area contributed by atoms with Crippen molar-refractivity contribution in [3.05, 3.63) is 17.5 Å². The summed E-state index contributed by atoms with van der Waals surface area (Å²) in [5, 5.41) is 7.88. The number of hydrogen-bond acceptors (Lipinski definition) is 3. The predicted molar refractivity (Wildman–Crippen MR) is 83.9 cm³/mol. The van der Waals surface area contributed by atoms with E-state index in [0.717, 1.165) is 19.0 Å². The van der Waals surface area contributed by atoms with E-state index >= 15 is 0 Å². The topological polar surface area (TPSA) is 33.1 Å².